The van der Waals surface area contributed by atoms with Crippen molar-refractivity contribution < 1.29 is 13.9 Å². The molecule has 5 heteroatoms. The van der Waals surface area contributed by atoms with Gasteiger partial charge in [0.25, 0.3) is 0 Å². The Morgan fingerprint density at radius 3 is 2.80 bits per heavy atom. The molecule has 1 aromatic carbocycles. The first kappa shape index (κ1) is 13.7. The smallest absolute Gasteiger partial charge is 0.340 e. The quantitative estimate of drug-likeness (QED) is 0.639. The molecule has 0 fully saturated rings. The molecule has 3 nitrogen and oxygen atoms in total. The number of alkyl halides is 1. The van der Waals surface area contributed by atoms with Gasteiger partial charge in [-0.3, -0.25) is 0 Å². The second-order valence-corrected chi connectivity index (χ2v) is 2.94. The number of anilines is 1. The van der Waals surface area contributed by atoms with E-state index in [1.54, 1.807) is 24.3 Å². The fraction of sp³-hybridized carbons (Fsp3) is 0.300. The average Bonchev–Trinajstić information content (AvgIpc) is 2.16. The predicted molar refractivity (Wildman–Crippen MR) is 58.7 cm³/mol. The molecule has 0 spiro atoms. The van der Waals surface area contributed by atoms with Crippen molar-refractivity contribution in [2.45, 2.75) is 12.6 Å². The number of hydrogen-bond donors (Lipinski definition) is 1. The molecular weight excluding hydrogens is 221 g/mol. The Kier molecular flexibility index (Phi) is 5.70. The van der Waals surface area contributed by atoms with Crippen LogP contribution in [0.1, 0.15) is 5.56 Å². The summed E-state index contributed by atoms with van der Waals surface area (Å²) in [7, 11) is 1.16. The van der Waals surface area contributed by atoms with Gasteiger partial charge in [0.2, 0.25) is 6.17 Å². The van der Waals surface area contributed by atoms with Crippen LogP contribution in [0.4, 0.5) is 10.1 Å². The molecule has 1 unspecified atom stereocenters. The number of hydrogen-bond acceptors (Lipinski definition) is 3. The first-order valence-corrected chi connectivity index (χ1v) is 4.20. The van der Waals surface area contributed by atoms with Gasteiger partial charge in [-0.25, -0.2) is 9.18 Å². The Balaban J connectivity index is 0.00000196. The number of benzene rings is 1. The highest BCUT2D eigenvalue weighted by molar-refractivity contribution is 5.85. The lowest BCUT2D eigenvalue weighted by Crippen LogP contribution is -2.19. The van der Waals surface area contributed by atoms with Crippen LogP contribution in [0.3, 0.4) is 0 Å². The van der Waals surface area contributed by atoms with Crippen LogP contribution in [0.15, 0.2) is 24.3 Å². The third-order valence-corrected chi connectivity index (χ3v) is 1.82. The van der Waals surface area contributed by atoms with Crippen LogP contribution in [0, 0.1) is 0 Å². The fourth-order valence-corrected chi connectivity index (χ4v) is 1.14. The van der Waals surface area contributed by atoms with Gasteiger partial charge in [-0.05, 0) is 17.7 Å². The van der Waals surface area contributed by atoms with E-state index in [4.69, 9.17) is 5.73 Å². The van der Waals surface area contributed by atoms with Gasteiger partial charge in [0, 0.05) is 12.1 Å². The van der Waals surface area contributed by atoms with Crippen molar-refractivity contribution in [3.63, 3.8) is 0 Å². The zero-order valence-electron chi connectivity index (χ0n) is 8.27. The van der Waals surface area contributed by atoms with Crippen molar-refractivity contribution in [3.05, 3.63) is 29.8 Å². The van der Waals surface area contributed by atoms with Crippen molar-refractivity contribution >= 4 is 24.1 Å². The standard InChI is InChI=1S/C10H12FNO2.ClH/c1-14-10(13)9(11)6-7-3-2-4-8(12)5-7;/h2-5,9H,6,12H2,1H3;1H. The van der Waals surface area contributed by atoms with Gasteiger partial charge in [0.05, 0.1) is 7.11 Å². The average molecular weight is 234 g/mol. The molecule has 0 bridgehead atoms. The van der Waals surface area contributed by atoms with E-state index in [9.17, 15) is 9.18 Å². The molecule has 1 atom stereocenters. The first-order valence-electron chi connectivity index (χ1n) is 4.20. The largest absolute Gasteiger partial charge is 0.467 e. The number of rotatable bonds is 3. The van der Waals surface area contributed by atoms with E-state index in [2.05, 4.69) is 4.74 Å². The van der Waals surface area contributed by atoms with Gasteiger partial charge < -0.3 is 10.5 Å². The Bertz CT molecular complexity index is 333. The zero-order valence-corrected chi connectivity index (χ0v) is 9.09. The van der Waals surface area contributed by atoms with Gasteiger partial charge in [0.1, 0.15) is 0 Å². The molecular formula is C10H13ClFNO2. The molecule has 2 N–H and O–H groups in total. The lowest BCUT2D eigenvalue weighted by atomic mass is 10.1. The molecule has 0 radical (unpaired) electrons. The summed E-state index contributed by atoms with van der Waals surface area (Å²) < 4.78 is 17.4. The lowest BCUT2D eigenvalue weighted by Gasteiger charge is -2.06. The van der Waals surface area contributed by atoms with Crippen LogP contribution in [0.25, 0.3) is 0 Å². The summed E-state index contributed by atoms with van der Waals surface area (Å²) >= 11 is 0. The third-order valence-electron chi connectivity index (χ3n) is 1.82. The van der Waals surface area contributed by atoms with Gasteiger partial charge in [-0.1, -0.05) is 12.1 Å². The van der Waals surface area contributed by atoms with Crippen LogP contribution in [0.2, 0.25) is 0 Å². The lowest BCUT2D eigenvalue weighted by molar-refractivity contribution is -0.146. The summed E-state index contributed by atoms with van der Waals surface area (Å²) in [5.41, 5.74) is 6.74. The van der Waals surface area contributed by atoms with Crippen LogP contribution in [-0.4, -0.2) is 19.3 Å². The number of ether oxygens (including phenoxy) is 1. The van der Waals surface area contributed by atoms with E-state index in [0.717, 1.165) is 7.11 Å². The number of carbonyl (C=O) groups excluding carboxylic acids is 1. The van der Waals surface area contributed by atoms with Crippen LogP contribution in [-0.2, 0) is 16.0 Å². The summed E-state index contributed by atoms with van der Waals surface area (Å²) in [6.07, 6.45) is -1.63. The Morgan fingerprint density at radius 1 is 1.60 bits per heavy atom. The van der Waals surface area contributed by atoms with Crippen molar-refractivity contribution in [2.24, 2.45) is 0 Å². The van der Waals surface area contributed by atoms with Gasteiger partial charge in [-0.15, -0.1) is 12.4 Å². The molecule has 0 saturated carbocycles. The van der Waals surface area contributed by atoms with Crippen molar-refractivity contribution in [1.29, 1.82) is 0 Å². The van der Waals surface area contributed by atoms with E-state index in [0.29, 0.717) is 11.3 Å². The molecule has 0 aromatic heterocycles. The minimum atomic E-state index is -1.62. The normalized spacial score (nSPS) is 11.3. The molecule has 15 heavy (non-hydrogen) atoms. The highest BCUT2D eigenvalue weighted by Gasteiger charge is 2.17. The monoisotopic (exact) mass is 233 g/mol. The van der Waals surface area contributed by atoms with Crippen LogP contribution < -0.4 is 5.73 Å². The second kappa shape index (κ2) is 6.24. The van der Waals surface area contributed by atoms with Crippen molar-refractivity contribution in [3.8, 4) is 0 Å². The Hall–Kier alpha value is -1.29. The van der Waals surface area contributed by atoms with E-state index in [-0.39, 0.29) is 18.8 Å². The van der Waals surface area contributed by atoms with Gasteiger partial charge in [-0.2, -0.15) is 0 Å². The summed E-state index contributed by atoms with van der Waals surface area (Å²) in [6, 6.07) is 6.77. The maximum absolute atomic E-state index is 13.1. The highest BCUT2D eigenvalue weighted by Crippen LogP contribution is 2.11. The molecule has 0 saturated heterocycles. The van der Waals surface area contributed by atoms with E-state index in [1.807, 2.05) is 0 Å². The van der Waals surface area contributed by atoms with Gasteiger partial charge >= 0.3 is 5.97 Å². The molecule has 0 amide bonds. The number of methoxy groups -OCH3 is 1. The van der Waals surface area contributed by atoms with Crippen LogP contribution in [0.5, 0.6) is 0 Å². The van der Waals surface area contributed by atoms with E-state index in [1.165, 1.54) is 0 Å². The molecule has 0 heterocycles. The summed E-state index contributed by atoms with van der Waals surface area (Å²) in [5, 5.41) is 0. The van der Waals surface area contributed by atoms with E-state index < -0.39 is 12.1 Å². The molecule has 0 aliphatic rings. The highest BCUT2D eigenvalue weighted by atomic mass is 35.5. The number of esters is 1. The predicted octanol–water partition coefficient (Wildman–Crippen LogP) is 1.74. The topological polar surface area (TPSA) is 52.3 Å². The number of nitrogen functional groups attached to an aromatic ring is 1. The van der Waals surface area contributed by atoms with Crippen molar-refractivity contribution in [2.75, 3.05) is 12.8 Å². The fourth-order valence-electron chi connectivity index (χ4n) is 1.14. The Labute approximate surface area is 93.8 Å². The SMILES string of the molecule is COC(=O)C(F)Cc1cccc(N)c1.Cl. The number of carbonyl (C=O) groups is 1. The third kappa shape index (κ3) is 4.16. The van der Waals surface area contributed by atoms with Gasteiger partial charge in [0.15, 0.2) is 0 Å². The number of nitrogens with two attached hydrogens (primary N) is 1. The maximum atomic E-state index is 13.1. The minimum absolute atomic E-state index is 0. The van der Waals surface area contributed by atoms with Crippen molar-refractivity contribution in [1.82, 2.24) is 0 Å². The molecule has 0 aliphatic carbocycles. The minimum Gasteiger partial charge on any atom is -0.467 e. The molecule has 1 rings (SSSR count). The molecule has 0 aliphatic heterocycles. The molecule has 1 aromatic rings. The Morgan fingerprint density at radius 2 is 2.27 bits per heavy atom. The zero-order chi connectivity index (χ0) is 10.6. The summed E-state index contributed by atoms with van der Waals surface area (Å²) in [6.45, 7) is 0. The van der Waals surface area contributed by atoms with Crippen LogP contribution >= 0.6 is 12.4 Å². The second-order valence-electron chi connectivity index (χ2n) is 2.94. The van der Waals surface area contributed by atoms with E-state index >= 15 is 0 Å². The first-order chi connectivity index (χ1) is 6.63. The summed E-state index contributed by atoms with van der Waals surface area (Å²) in [4.78, 5) is 10.8. The maximum Gasteiger partial charge on any atom is 0.340 e. The number of halogens is 2. The summed E-state index contributed by atoms with van der Waals surface area (Å²) in [5.74, 6) is -0.854. The molecule has 84 valence electrons.